The second-order valence-electron chi connectivity index (χ2n) is 6.93. The van der Waals surface area contributed by atoms with Crippen LogP contribution in [0.25, 0.3) is 0 Å². The number of carbonyl (C=O) groups is 2. The van der Waals surface area contributed by atoms with Crippen molar-refractivity contribution in [1.29, 1.82) is 0 Å². The van der Waals surface area contributed by atoms with Crippen LogP contribution >= 0.6 is 0 Å². The fourth-order valence-corrected chi connectivity index (χ4v) is 4.78. The van der Waals surface area contributed by atoms with Gasteiger partial charge in [0.1, 0.15) is 6.54 Å². The lowest BCUT2D eigenvalue weighted by Gasteiger charge is -2.26. The zero-order valence-electron chi connectivity index (χ0n) is 14.6. The number of amides is 1. The maximum Gasteiger partial charge on any atom is 0.323 e. The van der Waals surface area contributed by atoms with Crippen molar-refractivity contribution >= 4 is 21.9 Å². The van der Waals surface area contributed by atoms with Crippen molar-refractivity contribution in [1.82, 2.24) is 9.21 Å². The molecule has 26 heavy (non-hydrogen) atoms. The number of piperidine rings is 1. The summed E-state index contributed by atoms with van der Waals surface area (Å²) >= 11 is 0. The Morgan fingerprint density at radius 3 is 2.23 bits per heavy atom. The van der Waals surface area contributed by atoms with Crippen molar-refractivity contribution in [2.45, 2.75) is 49.5 Å². The van der Waals surface area contributed by atoms with Gasteiger partial charge in [-0.2, -0.15) is 4.31 Å². The Balaban J connectivity index is 1.67. The largest absolute Gasteiger partial charge is 0.480 e. The van der Waals surface area contributed by atoms with Crippen LogP contribution in [0.5, 0.6) is 0 Å². The molecule has 1 saturated carbocycles. The molecule has 0 atom stereocenters. The van der Waals surface area contributed by atoms with Gasteiger partial charge >= 0.3 is 5.97 Å². The van der Waals surface area contributed by atoms with Crippen molar-refractivity contribution < 1.29 is 23.1 Å². The summed E-state index contributed by atoms with van der Waals surface area (Å²) in [5.41, 5.74) is 0.684. The van der Waals surface area contributed by atoms with E-state index < -0.39 is 16.0 Å². The number of sulfonamides is 1. The van der Waals surface area contributed by atoms with Crippen molar-refractivity contribution in [2.75, 3.05) is 19.6 Å². The lowest BCUT2D eigenvalue weighted by molar-refractivity contribution is -0.144. The maximum absolute atomic E-state index is 12.6. The van der Waals surface area contributed by atoms with Crippen LogP contribution in [0.3, 0.4) is 0 Å². The van der Waals surface area contributed by atoms with Crippen LogP contribution < -0.4 is 0 Å². The van der Waals surface area contributed by atoms with Crippen LogP contribution in [0, 0.1) is 0 Å². The predicted octanol–water partition coefficient (Wildman–Crippen LogP) is 1.48. The van der Waals surface area contributed by atoms with Gasteiger partial charge in [0.15, 0.2) is 0 Å². The monoisotopic (exact) mass is 380 g/mol. The predicted molar refractivity (Wildman–Crippen MR) is 95.1 cm³/mol. The summed E-state index contributed by atoms with van der Waals surface area (Å²) in [6, 6.07) is 6.37. The average molecular weight is 380 g/mol. The first kappa shape index (κ1) is 18.8. The summed E-state index contributed by atoms with van der Waals surface area (Å²) in [5, 5.41) is 8.96. The van der Waals surface area contributed by atoms with E-state index in [9.17, 15) is 18.0 Å². The number of rotatable bonds is 7. The smallest absolute Gasteiger partial charge is 0.323 e. The first-order chi connectivity index (χ1) is 12.4. The molecule has 142 valence electrons. The first-order valence-corrected chi connectivity index (χ1v) is 10.4. The number of nitrogens with zero attached hydrogens (tertiary/aromatic N) is 2. The maximum atomic E-state index is 12.6. The van der Waals surface area contributed by atoms with Crippen molar-refractivity contribution in [3.63, 3.8) is 0 Å². The molecule has 2 fully saturated rings. The van der Waals surface area contributed by atoms with Crippen LogP contribution in [-0.2, 0) is 26.0 Å². The Labute approximate surface area is 153 Å². The molecule has 0 aromatic heterocycles. The summed E-state index contributed by atoms with van der Waals surface area (Å²) < 4.78 is 26.8. The molecule has 1 aliphatic carbocycles. The van der Waals surface area contributed by atoms with Crippen LogP contribution in [0.4, 0.5) is 0 Å². The summed E-state index contributed by atoms with van der Waals surface area (Å²) in [5.74, 6) is -1.25. The number of carboxylic acids is 1. The molecule has 2 aliphatic rings. The standard InChI is InChI=1S/C18H24N2O5S/c21-17(20(13-18(22)23)15-6-7-15)12-14-4-8-16(9-5-14)26(24,25)19-10-2-1-3-11-19/h4-5,8-9,15H,1-3,6-7,10-13H2,(H,22,23). The molecule has 0 unspecified atom stereocenters. The first-order valence-electron chi connectivity index (χ1n) is 8.98. The van der Waals surface area contributed by atoms with Crippen molar-refractivity contribution in [3.05, 3.63) is 29.8 Å². The SMILES string of the molecule is O=C(O)CN(C(=O)Cc1ccc(S(=O)(=O)N2CCCCC2)cc1)C1CC1. The van der Waals surface area contributed by atoms with Gasteiger partial charge in [-0.25, -0.2) is 8.42 Å². The lowest BCUT2D eigenvalue weighted by Crippen LogP contribution is -2.38. The lowest BCUT2D eigenvalue weighted by atomic mass is 10.1. The summed E-state index contributed by atoms with van der Waals surface area (Å²) in [4.78, 5) is 25.0. The number of benzene rings is 1. The van der Waals surface area contributed by atoms with E-state index >= 15 is 0 Å². The highest BCUT2D eigenvalue weighted by molar-refractivity contribution is 7.89. The van der Waals surface area contributed by atoms with Crippen LogP contribution in [0.15, 0.2) is 29.2 Å². The summed E-state index contributed by atoms with van der Waals surface area (Å²) in [6.45, 7) is 0.813. The molecular formula is C18H24N2O5S. The molecule has 0 spiro atoms. The molecule has 1 aromatic carbocycles. The number of hydrogen-bond donors (Lipinski definition) is 1. The second-order valence-corrected chi connectivity index (χ2v) is 8.87. The minimum absolute atomic E-state index is 0.0253. The highest BCUT2D eigenvalue weighted by atomic mass is 32.2. The number of carboxylic acid groups (broad SMARTS) is 1. The topological polar surface area (TPSA) is 95.0 Å². The molecular weight excluding hydrogens is 356 g/mol. The molecule has 7 nitrogen and oxygen atoms in total. The quantitative estimate of drug-likeness (QED) is 0.773. The summed E-state index contributed by atoms with van der Waals surface area (Å²) in [7, 11) is -3.48. The van der Waals surface area contributed by atoms with Crippen LogP contribution in [0.1, 0.15) is 37.7 Å². The van der Waals surface area contributed by atoms with Gasteiger partial charge in [-0.1, -0.05) is 18.6 Å². The third-order valence-electron chi connectivity index (χ3n) is 4.85. The molecule has 0 bridgehead atoms. The van der Waals surface area contributed by atoms with Gasteiger partial charge < -0.3 is 10.0 Å². The zero-order chi connectivity index (χ0) is 18.7. The number of aliphatic carboxylic acids is 1. The third-order valence-corrected chi connectivity index (χ3v) is 6.76. The molecule has 1 aromatic rings. The molecule has 1 amide bonds. The molecule has 1 heterocycles. The Morgan fingerprint density at radius 1 is 1.08 bits per heavy atom. The van der Waals surface area contributed by atoms with Gasteiger partial charge in [-0.15, -0.1) is 0 Å². The van der Waals surface area contributed by atoms with E-state index in [1.807, 2.05) is 0 Å². The highest BCUT2D eigenvalue weighted by Crippen LogP contribution is 2.27. The minimum Gasteiger partial charge on any atom is -0.480 e. The molecule has 1 N–H and O–H groups in total. The Kier molecular flexibility index (Phi) is 5.62. The van der Waals surface area contributed by atoms with E-state index in [1.165, 1.54) is 21.3 Å². The van der Waals surface area contributed by atoms with Gasteiger partial charge in [0, 0.05) is 19.1 Å². The average Bonchev–Trinajstić information content (AvgIpc) is 3.45. The van der Waals surface area contributed by atoms with Crippen molar-refractivity contribution in [2.24, 2.45) is 0 Å². The van der Waals surface area contributed by atoms with E-state index in [0.717, 1.165) is 32.1 Å². The molecule has 1 aliphatic heterocycles. The van der Waals surface area contributed by atoms with Crippen molar-refractivity contribution in [3.8, 4) is 0 Å². The third kappa shape index (κ3) is 4.42. The fraction of sp³-hybridized carbons (Fsp3) is 0.556. The van der Waals surface area contributed by atoms with E-state index in [4.69, 9.17) is 5.11 Å². The Morgan fingerprint density at radius 2 is 1.69 bits per heavy atom. The Bertz CT molecular complexity index is 765. The highest BCUT2D eigenvalue weighted by Gasteiger charge is 2.33. The number of carbonyl (C=O) groups excluding carboxylic acids is 1. The fourth-order valence-electron chi connectivity index (χ4n) is 3.26. The van der Waals surface area contributed by atoms with Gasteiger partial charge in [0.05, 0.1) is 11.3 Å². The molecule has 0 radical (unpaired) electrons. The van der Waals surface area contributed by atoms with Gasteiger partial charge in [0.2, 0.25) is 15.9 Å². The number of hydrogen-bond acceptors (Lipinski definition) is 4. The second kappa shape index (κ2) is 7.75. The van der Waals surface area contributed by atoms with Crippen LogP contribution in [0.2, 0.25) is 0 Å². The molecule has 3 rings (SSSR count). The van der Waals surface area contributed by atoms with E-state index in [2.05, 4.69) is 0 Å². The van der Waals surface area contributed by atoms with E-state index in [-0.39, 0.29) is 29.8 Å². The molecule has 1 saturated heterocycles. The minimum atomic E-state index is -3.48. The Hall–Kier alpha value is -1.93. The summed E-state index contributed by atoms with van der Waals surface area (Å²) in [6.07, 6.45) is 4.57. The van der Waals surface area contributed by atoms with Gasteiger partial charge in [-0.05, 0) is 43.4 Å². The normalized spacial score (nSPS) is 18.5. The van der Waals surface area contributed by atoms with Gasteiger partial charge in [0.25, 0.3) is 0 Å². The van der Waals surface area contributed by atoms with Gasteiger partial charge in [-0.3, -0.25) is 9.59 Å². The van der Waals surface area contributed by atoms with E-state index in [0.29, 0.717) is 18.7 Å². The zero-order valence-corrected chi connectivity index (χ0v) is 15.5. The molecule has 8 heteroatoms. The van der Waals surface area contributed by atoms with Crippen LogP contribution in [-0.4, -0.2) is 60.3 Å². The van der Waals surface area contributed by atoms with E-state index in [1.54, 1.807) is 12.1 Å².